The Hall–Kier alpha value is -1.44. The van der Waals surface area contributed by atoms with Crippen LogP contribution in [0.4, 0.5) is 0 Å². The highest BCUT2D eigenvalue weighted by Gasteiger charge is 2.45. The second kappa shape index (κ2) is 10.0. The maximum absolute atomic E-state index is 12.7. The van der Waals surface area contributed by atoms with Crippen molar-refractivity contribution < 1.29 is 33.9 Å². The Bertz CT molecular complexity index is 623. The quantitative estimate of drug-likeness (QED) is 0.443. The van der Waals surface area contributed by atoms with Gasteiger partial charge in [0.05, 0.1) is 6.61 Å². The molecule has 0 aliphatic carbocycles. The number of ether oxygens (including phenoxy) is 1. The summed E-state index contributed by atoms with van der Waals surface area (Å²) >= 11 is 0. The monoisotopic (exact) mass is 389 g/mol. The molecule has 0 saturated carbocycles. The molecule has 1 aliphatic rings. The van der Waals surface area contributed by atoms with Crippen LogP contribution in [0.3, 0.4) is 0 Å². The van der Waals surface area contributed by atoms with Crippen LogP contribution in [0.15, 0.2) is 24.3 Å². The number of hydrogen-bond acceptors (Lipinski definition) is 5. The third-order valence-electron chi connectivity index (χ3n) is 4.18. The standard InChI is InChI=1S/C17H25NO3.H3O4P/c1-3-10-18-11-6-9-17(13-18,16(20)21-4-2)14-7-5-8-15(19)12-14;1-5(2,3)4/h5,7-8,12,19H,3-4,6,9-11,13H2,1-2H3;(H3,1,2,3,4). The lowest BCUT2D eigenvalue weighted by atomic mass is 9.74. The lowest BCUT2D eigenvalue weighted by molar-refractivity contribution is -0.152. The number of benzene rings is 1. The Morgan fingerprint density at radius 3 is 2.50 bits per heavy atom. The lowest BCUT2D eigenvalue weighted by Gasteiger charge is -2.41. The van der Waals surface area contributed by atoms with E-state index in [2.05, 4.69) is 11.8 Å². The minimum atomic E-state index is -4.64. The van der Waals surface area contributed by atoms with Crippen molar-refractivity contribution in [2.75, 3.05) is 26.2 Å². The van der Waals surface area contributed by atoms with Crippen LogP contribution in [0.2, 0.25) is 0 Å². The molecule has 1 aromatic rings. The fourth-order valence-corrected chi connectivity index (χ4v) is 3.24. The first kappa shape index (κ1) is 22.6. The molecular formula is C17H28NO7P. The topological polar surface area (TPSA) is 128 Å². The van der Waals surface area contributed by atoms with Crippen molar-refractivity contribution in [2.45, 2.75) is 38.5 Å². The number of rotatable bonds is 5. The smallest absolute Gasteiger partial charge is 0.466 e. The number of esters is 1. The first-order valence-corrected chi connectivity index (χ1v) is 10.2. The highest BCUT2D eigenvalue weighted by Crippen LogP contribution is 2.37. The zero-order valence-corrected chi connectivity index (χ0v) is 16.1. The second-order valence-electron chi connectivity index (χ2n) is 6.25. The second-order valence-corrected chi connectivity index (χ2v) is 7.27. The summed E-state index contributed by atoms with van der Waals surface area (Å²) < 4.78 is 14.2. The van der Waals surface area contributed by atoms with Crippen molar-refractivity contribution in [3.8, 4) is 5.75 Å². The molecule has 1 saturated heterocycles. The molecule has 2 rings (SSSR count). The van der Waals surface area contributed by atoms with Crippen LogP contribution in [0.5, 0.6) is 5.75 Å². The van der Waals surface area contributed by atoms with Crippen molar-refractivity contribution in [2.24, 2.45) is 0 Å². The summed E-state index contributed by atoms with van der Waals surface area (Å²) in [5, 5.41) is 9.77. The highest BCUT2D eigenvalue weighted by molar-refractivity contribution is 7.45. The van der Waals surface area contributed by atoms with Gasteiger partial charge in [-0.3, -0.25) is 4.79 Å². The van der Waals surface area contributed by atoms with Crippen LogP contribution in [0, 0.1) is 0 Å². The zero-order chi connectivity index (χ0) is 19.8. The van der Waals surface area contributed by atoms with Gasteiger partial charge in [0.15, 0.2) is 0 Å². The number of carbonyl (C=O) groups is 1. The third-order valence-corrected chi connectivity index (χ3v) is 4.18. The summed E-state index contributed by atoms with van der Waals surface area (Å²) in [6.07, 6.45) is 2.81. The Labute approximate surface area is 153 Å². The molecule has 8 nitrogen and oxygen atoms in total. The summed E-state index contributed by atoms with van der Waals surface area (Å²) in [7, 11) is -4.64. The van der Waals surface area contributed by atoms with E-state index in [0.717, 1.165) is 37.9 Å². The van der Waals surface area contributed by atoms with Crippen molar-refractivity contribution in [1.29, 1.82) is 0 Å². The molecule has 1 fully saturated rings. The predicted octanol–water partition coefficient (Wildman–Crippen LogP) is 1.77. The lowest BCUT2D eigenvalue weighted by Crippen LogP contribution is -2.51. The molecule has 1 unspecified atom stereocenters. The molecule has 0 amide bonds. The molecule has 0 bridgehead atoms. The van der Waals surface area contributed by atoms with Crippen molar-refractivity contribution in [3.05, 3.63) is 29.8 Å². The largest absolute Gasteiger partial charge is 0.508 e. The van der Waals surface area contributed by atoms with Gasteiger partial charge in [-0.05, 0) is 57.0 Å². The molecule has 1 heterocycles. The summed E-state index contributed by atoms with van der Waals surface area (Å²) in [5.74, 6) is 0.0280. The van der Waals surface area contributed by atoms with Crippen molar-refractivity contribution >= 4 is 13.8 Å². The number of nitrogens with zero attached hydrogens (tertiary/aromatic N) is 1. The average molecular weight is 389 g/mol. The highest BCUT2D eigenvalue weighted by atomic mass is 31.2. The number of carbonyl (C=O) groups excluding carboxylic acids is 1. The minimum Gasteiger partial charge on any atom is -0.508 e. The molecule has 1 aliphatic heterocycles. The number of hydrogen-bond donors (Lipinski definition) is 4. The molecule has 1 aromatic carbocycles. The first-order valence-electron chi connectivity index (χ1n) is 8.59. The van der Waals surface area contributed by atoms with Gasteiger partial charge in [-0.15, -0.1) is 0 Å². The molecule has 4 N–H and O–H groups in total. The Morgan fingerprint density at radius 1 is 1.31 bits per heavy atom. The van der Waals surface area contributed by atoms with E-state index in [1.807, 2.05) is 13.0 Å². The average Bonchev–Trinajstić information content (AvgIpc) is 2.54. The number of likely N-dealkylation sites (tertiary alicyclic amines) is 1. The van der Waals surface area contributed by atoms with Crippen LogP contribution < -0.4 is 0 Å². The number of phenols is 1. The van der Waals surface area contributed by atoms with Crippen LogP contribution in [-0.4, -0.2) is 56.9 Å². The van der Waals surface area contributed by atoms with Crippen LogP contribution >= 0.6 is 7.82 Å². The van der Waals surface area contributed by atoms with Crippen LogP contribution in [0.1, 0.15) is 38.7 Å². The SMILES string of the molecule is CCCN1CCCC(C(=O)OCC)(c2cccc(O)c2)C1.O=P(O)(O)O. The molecular weight excluding hydrogens is 361 g/mol. The normalized spacial score (nSPS) is 20.8. The van der Waals surface area contributed by atoms with Gasteiger partial charge in [-0.25, -0.2) is 4.57 Å². The maximum atomic E-state index is 12.7. The van der Waals surface area contributed by atoms with E-state index in [1.165, 1.54) is 0 Å². The van der Waals surface area contributed by atoms with Gasteiger partial charge in [-0.1, -0.05) is 19.1 Å². The molecule has 26 heavy (non-hydrogen) atoms. The molecule has 148 valence electrons. The number of phosphoric acid groups is 1. The van der Waals surface area contributed by atoms with Gasteiger partial charge in [-0.2, -0.15) is 0 Å². The summed E-state index contributed by atoms with van der Waals surface area (Å²) in [5.41, 5.74) is 0.212. The fraction of sp³-hybridized carbons (Fsp3) is 0.588. The van der Waals surface area contributed by atoms with E-state index in [4.69, 9.17) is 24.0 Å². The van der Waals surface area contributed by atoms with E-state index in [-0.39, 0.29) is 11.7 Å². The number of piperidine rings is 1. The Balaban J connectivity index is 0.000000597. The van der Waals surface area contributed by atoms with Gasteiger partial charge in [0.25, 0.3) is 0 Å². The number of phenolic OH excluding ortho intramolecular Hbond substituents is 1. The molecule has 0 aromatic heterocycles. The predicted molar refractivity (Wildman–Crippen MR) is 96.6 cm³/mol. The van der Waals surface area contributed by atoms with Crippen molar-refractivity contribution in [1.82, 2.24) is 4.90 Å². The number of aromatic hydroxyl groups is 1. The first-order chi connectivity index (χ1) is 12.1. The summed E-state index contributed by atoms with van der Waals surface area (Å²) in [4.78, 5) is 36.5. The molecule has 0 spiro atoms. The molecule has 9 heteroatoms. The minimum absolute atomic E-state index is 0.170. The third kappa shape index (κ3) is 7.05. The van der Waals surface area contributed by atoms with Crippen LogP contribution in [0.25, 0.3) is 0 Å². The van der Waals surface area contributed by atoms with Gasteiger partial charge in [0.2, 0.25) is 0 Å². The van der Waals surface area contributed by atoms with Gasteiger partial charge in [0, 0.05) is 6.54 Å². The summed E-state index contributed by atoms with van der Waals surface area (Å²) in [6, 6.07) is 7.05. The van der Waals surface area contributed by atoms with E-state index >= 15 is 0 Å². The maximum Gasteiger partial charge on any atom is 0.466 e. The van der Waals surface area contributed by atoms with Gasteiger partial charge < -0.3 is 29.4 Å². The molecule has 0 radical (unpaired) electrons. The van der Waals surface area contributed by atoms with E-state index < -0.39 is 13.2 Å². The van der Waals surface area contributed by atoms with Crippen LogP contribution in [-0.2, 0) is 19.5 Å². The fourth-order valence-electron chi connectivity index (χ4n) is 3.24. The zero-order valence-electron chi connectivity index (χ0n) is 15.2. The Kier molecular flexibility index (Phi) is 8.73. The van der Waals surface area contributed by atoms with Gasteiger partial charge >= 0.3 is 13.8 Å². The van der Waals surface area contributed by atoms with Gasteiger partial charge in [0.1, 0.15) is 11.2 Å². The molecule has 1 atom stereocenters. The van der Waals surface area contributed by atoms with E-state index in [0.29, 0.717) is 13.2 Å². The summed E-state index contributed by atoms with van der Waals surface area (Å²) in [6.45, 7) is 7.04. The Morgan fingerprint density at radius 2 is 1.96 bits per heavy atom. The van der Waals surface area contributed by atoms with Crippen molar-refractivity contribution in [3.63, 3.8) is 0 Å². The van der Waals surface area contributed by atoms with E-state index in [1.54, 1.807) is 18.2 Å². The van der Waals surface area contributed by atoms with E-state index in [9.17, 15) is 9.90 Å².